The molecule has 0 bridgehead atoms. The van der Waals surface area contributed by atoms with Crippen molar-refractivity contribution in [1.29, 1.82) is 0 Å². The first kappa shape index (κ1) is 18.0. The molecular formula is C17H16ClNO4S. The molecule has 0 heterocycles. The van der Waals surface area contributed by atoms with Gasteiger partial charge >= 0.3 is 0 Å². The average molecular weight is 366 g/mol. The fraction of sp³-hybridized carbons (Fsp3) is 0.118. The van der Waals surface area contributed by atoms with Crippen molar-refractivity contribution in [3.8, 4) is 5.75 Å². The Labute approximate surface area is 146 Å². The molecule has 0 unspecified atom stereocenters. The van der Waals surface area contributed by atoms with Crippen LogP contribution < -0.4 is 9.46 Å². The number of carbonyl (C=O) groups is 1. The minimum absolute atomic E-state index is 0.101. The Hall–Kier alpha value is -2.31. The molecule has 1 N–H and O–H groups in total. The number of carbonyl (C=O) groups excluding carboxylic acids is 1. The van der Waals surface area contributed by atoms with E-state index in [9.17, 15) is 13.2 Å². The van der Waals surface area contributed by atoms with Crippen LogP contribution in [0, 0.1) is 6.92 Å². The SMILES string of the molecule is COc1ccc(/C=C/S(=O)(=O)NC(=O)c2ccc(C)cc2Cl)cc1. The van der Waals surface area contributed by atoms with E-state index >= 15 is 0 Å². The fourth-order valence-corrected chi connectivity index (χ4v) is 3.00. The highest BCUT2D eigenvalue weighted by atomic mass is 35.5. The second kappa shape index (κ2) is 7.51. The molecular weight excluding hydrogens is 350 g/mol. The van der Waals surface area contributed by atoms with Gasteiger partial charge in [0.25, 0.3) is 15.9 Å². The van der Waals surface area contributed by atoms with Crippen molar-refractivity contribution in [3.63, 3.8) is 0 Å². The molecule has 2 rings (SSSR count). The molecule has 1 amide bonds. The van der Waals surface area contributed by atoms with E-state index in [4.69, 9.17) is 16.3 Å². The van der Waals surface area contributed by atoms with E-state index in [1.54, 1.807) is 43.5 Å². The minimum atomic E-state index is -3.94. The highest BCUT2D eigenvalue weighted by Crippen LogP contribution is 2.18. The summed E-state index contributed by atoms with van der Waals surface area (Å²) in [5.74, 6) is -0.114. The zero-order valence-corrected chi connectivity index (χ0v) is 14.7. The molecule has 0 atom stereocenters. The Morgan fingerprint density at radius 3 is 2.42 bits per heavy atom. The summed E-state index contributed by atoms with van der Waals surface area (Å²) in [6.07, 6.45) is 1.38. The maximum absolute atomic E-state index is 12.1. The van der Waals surface area contributed by atoms with Crippen LogP contribution in [0.4, 0.5) is 0 Å². The summed E-state index contributed by atoms with van der Waals surface area (Å²) in [7, 11) is -2.40. The van der Waals surface area contributed by atoms with E-state index in [1.165, 1.54) is 12.1 Å². The van der Waals surface area contributed by atoms with E-state index in [2.05, 4.69) is 0 Å². The Kier molecular flexibility index (Phi) is 5.64. The molecule has 0 saturated carbocycles. The van der Waals surface area contributed by atoms with E-state index < -0.39 is 15.9 Å². The Morgan fingerprint density at radius 2 is 1.83 bits per heavy atom. The van der Waals surface area contributed by atoms with Crippen LogP contribution >= 0.6 is 11.6 Å². The third-order valence-electron chi connectivity index (χ3n) is 3.16. The number of rotatable bonds is 5. The summed E-state index contributed by atoms with van der Waals surface area (Å²) in [6, 6.07) is 11.6. The lowest BCUT2D eigenvalue weighted by atomic mass is 10.1. The van der Waals surface area contributed by atoms with Crippen LogP contribution in [0.25, 0.3) is 6.08 Å². The third-order valence-corrected chi connectivity index (χ3v) is 4.44. The average Bonchev–Trinajstić information content (AvgIpc) is 2.53. The number of hydrogen-bond acceptors (Lipinski definition) is 4. The van der Waals surface area contributed by atoms with Gasteiger partial charge in [-0.2, -0.15) is 0 Å². The van der Waals surface area contributed by atoms with Gasteiger partial charge in [-0.05, 0) is 48.4 Å². The van der Waals surface area contributed by atoms with Gasteiger partial charge in [-0.3, -0.25) is 4.79 Å². The van der Waals surface area contributed by atoms with Gasteiger partial charge in [0.2, 0.25) is 0 Å². The summed E-state index contributed by atoms with van der Waals surface area (Å²) in [4.78, 5) is 12.1. The number of benzene rings is 2. The maximum Gasteiger partial charge on any atom is 0.266 e. The zero-order valence-electron chi connectivity index (χ0n) is 13.1. The molecule has 24 heavy (non-hydrogen) atoms. The first-order valence-corrected chi connectivity index (χ1v) is 8.88. The molecule has 0 radical (unpaired) electrons. The van der Waals surface area contributed by atoms with Crippen LogP contribution in [0.5, 0.6) is 5.75 Å². The molecule has 0 saturated heterocycles. The van der Waals surface area contributed by atoms with E-state index in [-0.39, 0.29) is 10.6 Å². The van der Waals surface area contributed by atoms with Crippen LogP contribution in [-0.4, -0.2) is 21.4 Å². The molecule has 0 fully saturated rings. The summed E-state index contributed by atoms with van der Waals surface area (Å²) in [6.45, 7) is 1.82. The second-order valence-corrected chi connectivity index (χ2v) is 7.01. The van der Waals surface area contributed by atoms with Gasteiger partial charge in [-0.1, -0.05) is 29.8 Å². The summed E-state index contributed by atoms with van der Waals surface area (Å²) < 4.78 is 31.0. The molecule has 0 aliphatic rings. The third kappa shape index (κ3) is 4.84. The van der Waals surface area contributed by atoms with Crippen molar-refractivity contribution in [2.24, 2.45) is 0 Å². The largest absolute Gasteiger partial charge is 0.497 e. The lowest BCUT2D eigenvalue weighted by molar-refractivity contribution is 0.0982. The van der Waals surface area contributed by atoms with Crippen molar-refractivity contribution >= 4 is 33.6 Å². The molecule has 126 valence electrons. The summed E-state index contributed by atoms with van der Waals surface area (Å²) in [5, 5.41) is 1.12. The second-order valence-electron chi connectivity index (χ2n) is 5.04. The van der Waals surface area contributed by atoms with Gasteiger partial charge in [0.15, 0.2) is 0 Å². The highest BCUT2D eigenvalue weighted by molar-refractivity contribution is 7.93. The molecule has 0 aliphatic heterocycles. The number of halogens is 1. The van der Waals surface area contributed by atoms with E-state index in [0.717, 1.165) is 11.0 Å². The standard InChI is InChI=1S/C17H16ClNO4S/c1-12-3-8-15(16(18)11-12)17(20)19-24(21,22)10-9-13-4-6-14(23-2)7-5-13/h3-11H,1-2H3,(H,19,20)/b10-9+. The lowest BCUT2D eigenvalue weighted by Gasteiger charge is -2.06. The van der Waals surface area contributed by atoms with Gasteiger partial charge in [0, 0.05) is 0 Å². The summed E-state index contributed by atoms with van der Waals surface area (Å²) in [5.41, 5.74) is 1.63. The smallest absolute Gasteiger partial charge is 0.266 e. The lowest BCUT2D eigenvalue weighted by Crippen LogP contribution is -2.29. The zero-order chi connectivity index (χ0) is 17.7. The van der Waals surface area contributed by atoms with Crippen molar-refractivity contribution in [3.05, 3.63) is 69.6 Å². The van der Waals surface area contributed by atoms with Gasteiger partial charge < -0.3 is 4.74 Å². The highest BCUT2D eigenvalue weighted by Gasteiger charge is 2.16. The van der Waals surface area contributed by atoms with Gasteiger partial charge in [-0.15, -0.1) is 0 Å². The Balaban J connectivity index is 2.12. The maximum atomic E-state index is 12.1. The predicted molar refractivity (Wildman–Crippen MR) is 94.6 cm³/mol. The number of aryl methyl sites for hydroxylation is 1. The quantitative estimate of drug-likeness (QED) is 0.881. The molecule has 2 aromatic rings. The molecule has 2 aromatic carbocycles. The summed E-state index contributed by atoms with van der Waals surface area (Å²) >= 11 is 5.97. The molecule has 0 aromatic heterocycles. The van der Waals surface area contributed by atoms with Crippen LogP contribution in [0.2, 0.25) is 5.02 Å². The number of ether oxygens (including phenoxy) is 1. The molecule has 0 aliphatic carbocycles. The Morgan fingerprint density at radius 1 is 1.17 bits per heavy atom. The van der Waals surface area contributed by atoms with Crippen molar-refractivity contribution in [1.82, 2.24) is 4.72 Å². The number of hydrogen-bond donors (Lipinski definition) is 1. The van der Waals surface area contributed by atoms with Crippen LogP contribution in [0.1, 0.15) is 21.5 Å². The number of methoxy groups -OCH3 is 1. The van der Waals surface area contributed by atoms with Crippen molar-refractivity contribution in [2.45, 2.75) is 6.92 Å². The van der Waals surface area contributed by atoms with E-state index in [1.807, 2.05) is 11.6 Å². The van der Waals surface area contributed by atoms with Gasteiger partial charge in [0.05, 0.1) is 23.1 Å². The van der Waals surface area contributed by atoms with Crippen molar-refractivity contribution < 1.29 is 17.9 Å². The minimum Gasteiger partial charge on any atom is -0.497 e. The number of nitrogens with one attached hydrogen (secondary N) is 1. The number of sulfonamides is 1. The molecule has 5 nitrogen and oxygen atoms in total. The fourth-order valence-electron chi connectivity index (χ4n) is 1.91. The first-order chi connectivity index (χ1) is 11.3. The topological polar surface area (TPSA) is 72.5 Å². The molecule has 7 heteroatoms. The Bertz CT molecular complexity index is 874. The van der Waals surface area contributed by atoms with Crippen molar-refractivity contribution in [2.75, 3.05) is 7.11 Å². The number of amides is 1. The van der Waals surface area contributed by atoms with Gasteiger partial charge in [-0.25, -0.2) is 13.1 Å². The van der Waals surface area contributed by atoms with Crippen LogP contribution in [0.3, 0.4) is 0 Å². The van der Waals surface area contributed by atoms with Crippen LogP contribution in [0.15, 0.2) is 47.9 Å². The van der Waals surface area contributed by atoms with E-state index in [0.29, 0.717) is 11.3 Å². The van der Waals surface area contributed by atoms with Crippen LogP contribution in [-0.2, 0) is 10.0 Å². The van der Waals surface area contributed by atoms with Gasteiger partial charge in [0.1, 0.15) is 5.75 Å². The predicted octanol–water partition coefficient (Wildman–Crippen LogP) is 3.39. The normalized spacial score (nSPS) is 11.5. The monoisotopic (exact) mass is 365 g/mol. The molecule has 0 spiro atoms. The first-order valence-electron chi connectivity index (χ1n) is 6.96.